The zero-order valence-corrected chi connectivity index (χ0v) is 13.2. The Balaban J connectivity index is 2.45. The minimum atomic E-state index is 0.974. The van der Waals surface area contributed by atoms with Crippen molar-refractivity contribution in [2.24, 2.45) is 0 Å². The number of thiocarbonyl (C=S) groups is 1. The maximum absolute atomic E-state index is 5.43. The van der Waals surface area contributed by atoms with Crippen LogP contribution in [0.2, 0.25) is 0 Å². The van der Waals surface area contributed by atoms with Gasteiger partial charge in [-0.15, -0.1) is 0 Å². The van der Waals surface area contributed by atoms with Crippen LogP contribution in [0.15, 0.2) is 24.3 Å². The summed E-state index contributed by atoms with van der Waals surface area (Å²) < 4.78 is 1.01. The molecule has 0 aliphatic rings. The molecular formula is C15H23NS2. The minimum Gasteiger partial charge on any atom is -0.358 e. The molecule has 0 N–H and O–H groups in total. The van der Waals surface area contributed by atoms with E-state index in [1.54, 1.807) is 11.8 Å². The maximum Gasteiger partial charge on any atom is 0.136 e. The van der Waals surface area contributed by atoms with Crippen LogP contribution in [0.25, 0.3) is 0 Å². The molecule has 18 heavy (non-hydrogen) atoms. The highest BCUT2D eigenvalue weighted by Gasteiger charge is 2.05. The molecule has 0 aliphatic heterocycles. The van der Waals surface area contributed by atoms with Gasteiger partial charge < -0.3 is 4.90 Å². The van der Waals surface area contributed by atoms with Crippen molar-refractivity contribution in [1.29, 1.82) is 0 Å². The standard InChI is InChI=1S/C15H23NS2/c1-4-7-13-8-10-14(11-9-13)12-18-15(17)16(5-2)6-3/h8-11H,4-7,12H2,1-3H3. The lowest BCUT2D eigenvalue weighted by Crippen LogP contribution is -2.26. The molecule has 1 rings (SSSR count). The monoisotopic (exact) mass is 281 g/mol. The van der Waals surface area contributed by atoms with Crippen LogP contribution in [-0.4, -0.2) is 22.3 Å². The lowest BCUT2D eigenvalue weighted by Gasteiger charge is -2.20. The predicted octanol–water partition coefficient (Wildman–Crippen LogP) is 4.50. The number of hydrogen-bond donors (Lipinski definition) is 0. The van der Waals surface area contributed by atoms with E-state index in [-0.39, 0.29) is 0 Å². The van der Waals surface area contributed by atoms with Crippen molar-refractivity contribution in [2.75, 3.05) is 13.1 Å². The van der Waals surface area contributed by atoms with Crippen molar-refractivity contribution in [3.8, 4) is 0 Å². The molecule has 0 saturated carbocycles. The molecule has 3 heteroatoms. The van der Waals surface area contributed by atoms with Crippen LogP contribution in [-0.2, 0) is 12.2 Å². The zero-order valence-electron chi connectivity index (χ0n) is 11.6. The third kappa shape index (κ3) is 4.99. The van der Waals surface area contributed by atoms with E-state index in [0.29, 0.717) is 0 Å². The largest absolute Gasteiger partial charge is 0.358 e. The van der Waals surface area contributed by atoms with Gasteiger partial charge in [0, 0.05) is 18.8 Å². The number of nitrogens with zero attached hydrogens (tertiary/aromatic N) is 1. The van der Waals surface area contributed by atoms with E-state index in [2.05, 4.69) is 49.9 Å². The third-order valence-corrected chi connectivity index (χ3v) is 4.54. The topological polar surface area (TPSA) is 3.24 Å². The summed E-state index contributed by atoms with van der Waals surface area (Å²) in [4.78, 5) is 2.23. The van der Waals surface area contributed by atoms with Gasteiger partial charge in [-0.05, 0) is 31.4 Å². The second-order valence-corrected chi connectivity index (χ2v) is 5.90. The Morgan fingerprint density at radius 1 is 1.06 bits per heavy atom. The van der Waals surface area contributed by atoms with E-state index in [9.17, 15) is 0 Å². The summed E-state index contributed by atoms with van der Waals surface area (Å²) in [6.07, 6.45) is 2.38. The van der Waals surface area contributed by atoms with Gasteiger partial charge in [0.05, 0.1) is 0 Å². The van der Waals surface area contributed by atoms with E-state index < -0.39 is 0 Å². The molecule has 0 saturated heterocycles. The molecule has 0 aliphatic carbocycles. The van der Waals surface area contributed by atoms with E-state index >= 15 is 0 Å². The van der Waals surface area contributed by atoms with Crippen molar-refractivity contribution in [2.45, 2.75) is 39.4 Å². The fourth-order valence-electron chi connectivity index (χ4n) is 1.81. The van der Waals surface area contributed by atoms with Gasteiger partial charge in [0.15, 0.2) is 0 Å². The fraction of sp³-hybridized carbons (Fsp3) is 0.533. The number of rotatable bonds is 6. The summed E-state index contributed by atoms with van der Waals surface area (Å²) in [5.74, 6) is 0.974. The second kappa shape index (κ2) is 8.54. The SMILES string of the molecule is CCCc1ccc(CSC(=S)N(CC)CC)cc1. The van der Waals surface area contributed by atoms with Gasteiger partial charge in [0.1, 0.15) is 4.32 Å². The van der Waals surface area contributed by atoms with Crippen LogP contribution in [0, 0.1) is 0 Å². The van der Waals surface area contributed by atoms with Crippen LogP contribution in [0.3, 0.4) is 0 Å². The molecular weight excluding hydrogens is 258 g/mol. The normalized spacial score (nSPS) is 10.4. The zero-order chi connectivity index (χ0) is 13.4. The first-order valence-corrected chi connectivity index (χ1v) is 8.10. The first-order chi connectivity index (χ1) is 8.71. The molecule has 0 fully saturated rings. The first kappa shape index (κ1) is 15.5. The third-order valence-electron chi connectivity index (χ3n) is 2.95. The van der Waals surface area contributed by atoms with E-state index in [4.69, 9.17) is 12.2 Å². The van der Waals surface area contributed by atoms with E-state index in [1.807, 2.05) is 0 Å². The summed E-state index contributed by atoms with van der Waals surface area (Å²) in [7, 11) is 0. The van der Waals surface area contributed by atoms with Crippen molar-refractivity contribution in [3.05, 3.63) is 35.4 Å². The Hall–Kier alpha value is -0.540. The highest BCUT2D eigenvalue weighted by molar-refractivity contribution is 8.22. The van der Waals surface area contributed by atoms with Crippen LogP contribution in [0.4, 0.5) is 0 Å². The van der Waals surface area contributed by atoms with Crippen LogP contribution in [0.1, 0.15) is 38.3 Å². The van der Waals surface area contributed by atoms with Crippen molar-refractivity contribution >= 4 is 28.3 Å². The van der Waals surface area contributed by atoms with Gasteiger partial charge in [-0.1, -0.05) is 61.6 Å². The Bertz CT molecular complexity index is 355. The van der Waals surface area contributed by atoms with Gasteiger partial charge in [-0.3, -0.25) is 0 Å². The molecule has 0 unspecified atom stereocenters. The highest BCUT2D eigenvalue weighted by atomic mass is 32.2. The molecule has 0 heterocycles. The van der Waals surface area contributed by atoms with Gasteiger partial charge >= 0.3 is 0 Å². The van der Waals surface area contributed by atoms with Crippen LogP contribution in [0.5, 0.6) is 0 Å². The number of hydrogen-bond acceptors (Lipinski definition) is 2. The lowest BCUT2D eigenvalue weighted by atomic mass is 10.1. The van der Waals surface area contributed by atoms with Gasteiger partial charge in [-0.25, -0.2) is 0 Å². The van der Waals surface area contributed by atoms with Gasteiger partial charge in [0.2, 0.25) is 0 Å². The number of aryl methyl sites for hydroxylation is 1. The molecule has 100 valence electrons. The first-order valence-electron chi connectivity index (χ1n) is 6.70. The van der Waals surface area contributed by atoms with Crippen LogP contribution >= 0.6 is 24.0 Å². The van der Waals surface area contributed by atoms with Crippen molar-refractivity contribution in [1.82, 2.24) is 4.90 Å². The molecule has 0 atom stereocenters. The molecule has 0 radical (unpaired) electrons. The maximum atomic E-state index is 5.43. The molecule has 1 nitrogen and oxygen atoms in total. The summed E-state index contributed by atoms with van der Waals surface area (Å²) in [5.41, 5.74) is 2.78. The summed E-state index contributed by atoms with van der Waals surface area (Å²) in [5, 5.41) is 0. The molecule has 0 spiro atoms. The lowest BCUT2D eigenvalue weighted by molar-refractivity contribution is 0.482. The number of thioether (sulfide) groups is 1. The van der Waals surface area contributed by atoms with E-state index in [0.717, 1.165) is 23.2 Å². The predicted molar refractivity (Wildman–Crippen MR) is 87.3 cm³/mol. The van der Waals surface area contributed by atoms with Crippen molar-refractivity contribution in [3.63, 3.8) is 0 Å². The smallest absolute Gasteiger partial charge is 0.136 e. The highest BCUT2D eigenvalue weighted by Crippen LogP contribution is 2.17. The summed E-state index contributed by atoms with van der Waals surface area (Å²) >= 11 is 7.19. The molecule has 0 bridgehead atoms. The molecule has 1 aromatic rings. The second-order valence-electron chi connectivity index (χ2n) is 4.29. The number of benzene rings is 1. The summed E-state index contributed by atoms with van der Waals surface area (Å²) in [6.45, 7) is 8.51. The Morgan fingerprint density at radius 2 is 1.61 bits per heavy atom. The quantitative estimate of drug-likeness (QED) is 0.707. The van der Waals surface area contributed by atoms with Gasteiger partial charge in [-0.2, -0.15) is 0 Å². The Labute approximate surface area is 121 Å². The van der Waals surface area contributed by atoms with Gasteiger partial charge in [0.25, 0.3) is 0 Å². The minimum absolute atomic E-state index is 0.974. The average Bonchev–Trinajstić information content (AvgIpc) is 2.40. The summed E-state index contributed by atoms with van der Waals surface area (Å²) in [6, 6.07) is 8.92. The molecule has 0 aromatic heterocycles. The Kier molecular flexibility index (Phi) is 7.36. The van der Waals surface area contributed by atoms with Crippen molar-refractivity contribution < 1.29 is 0 Å². The molecule has 1 aromatic carbocycles. The molecule has 0 amide bonds. The van der Waals surface area contributed by atoms with Crippen LogP contribution < -0.4 is 0 Å². The van der Waals surface area contributed by atoms with E-state index in [1.165, 1.54) is 24.0 Å². The fourth-order valence-corrected chi connectivity index (χ4v) is 3.17. The average molecular weight is 281 g/mol. The Morgan fingerprint density at radius 3 is 2.11 bits per heavy atom.